The van der Waals surface area contributed by atoms with Crippen LogP contribution in [0.4, 0.5) is 0 Å². The van der Waals surface area contributed by atoms with Crippen molar-refractivity contribution in [3.63, 3.8) is 0 Å². The fourth-order valence-electron chi connectivity index (χ4n) is 1.92. The van der Waals surface area contributed by atoms with E-state index in [1.807, 2.05) is 18.7 Å². The molecule has 1 aliphatic heterocycles. The molecule has 0 spiro atoms. The Kier molecular flexibility index (Phi) is 3.67. The molecule has 2 rings (SSSR count). The van der Waals surface area contributed by atoms with E-state index in [9.17, 15) is 0 Å². The summed E-state index contributed by atoms with van der Waals surface area (Å²) in [5.74, 6) is 2.21. The largest absolute Gasteiger partial charge is 0.395 e. The maximum absolute atomic E-state index is 9.04. The Morgan fingerprint density at radius 1 is 1.53 bits per heavy atom. The maximum atomic E-state index is 9.04. The summed E-state index contributed by atoms with van der Waals surface area (Å²) < 4.78 is 0. The minimum Gasteiger partial charge on any atom is -0.395 e. The molecule has 1 heterocycles. The number of benzene rings is 1. The van der Waals surface area contributed by atoms with E-state index in [1.54, 1.807) is 0 Å². The van der Waals surface area contributed by atoms with Crippen molar-refractivity contribution in [1.82, 2.24) is 5.32 Å². The first-order valence-electron chi connectivity index (χ1n) is 5.33. The number of aliphatic hydroxyl groups excluding tert-OH is 1. The van der Waals surface area contributed by atoms with Crippen molar-refractivity contribution in [3.05, 3.63) is 35.4 Å². The topological polar surface area (TPSA) is 32.3 Å². The number of hydrogen-bond donors (Lipinski definition) is 2. The van der Waals surface area contributed by atoms with Crippen LogP contribution in [0.25, 0.3) is 0 Å². The first-order valence-corrected chi connectivity index (χ1v) is 6.49. The van der Waals surface area contributed by atoms with Crippen molar-refractivity contribution >= 4 is 11.8 Å². The molecule has 0 fully saturated rings. The highest BCUT2D eigenvalue weighted by molar-refractivity contribution is 7.98. The van der Waals surface area contributed by atoms with E-state index < -0.39 is 0 Å². The highest BCUT2D eigenvalue weighted by Gasteiger charge is 2.20. The van der Waals surface area contributed by atoms with Gasteiger partial charge < -0.3 is 10.4 Å². The van der Waals surface area contributed by atoms with Gasteiger partial charge in [-0.05, 0) is 18.1 Å². The van der Waals surface area contributed by atoms with Gasteiger partial charge in [0.05, 0.1) is 6.61 Å². The Hall–Kier alpha value is -0.510. The summed E-state index contributed by atoms with van der Waals surface area (Å²) in [5, 5.41) is 12.5. The van der Waals surface area contributed by atoms with Crippen LogP contribution in [0.1, 0.15) is 24.1 Å². The van der Waals surface area contributed by atoms with Crippen LogP contribution < -0.4 is 5.32 Å². The average Bonchev–Trinajstić information content (AvgIpc) is 2.29. The quantitative estimate of drug-likeness (QED) is 0.821. The summed E-state index contributed by atoms with van der Waals surface area (Å²) >= 11 is 1.95. The molecule has 3 heteroatoms. The van der Waals surface area contributed by atoms with Crippen molar-refractivity contribution in [2.24, 2.45) is 0 Å². The van der Waals surface area contributed by atoms with E-state index in [-0.39, 0.29) is 12.6 Å². The summed E-state index contributed by atoms with van der Waals surface area (Å²) in [6, 6.07) is 9.13. The van der Waals surface area contributed by atoms with Gasteiger partial charge in [-0.15, -0.1) is 0 Å². The molecule has 0 saturated carbocycles. The molecule has 2 atom stereocenters. The van der Waals surface area contributed by atoms with E-state index in [4.69, 9.17) is 5.11 Å². The fourth-order valence-corrected chi connectivity index (χ4v) is 3.03. The molecule has 15 heavy (non-hydrogen) atoms. The van der Waals surface area contributed by atoms with Crippen LogP contribution in [0.5, 0.6) is 0 Å². The highest BCUT2D eigenvalue weighted by Crippen LogP contribution is 2.31. The van der Waals surface area contributed by atoms with Gasteiger partial charge in [0.15, 0.2) is 0 Å². The van der Waals surface area contributed by atoms with Crippen molar-refractivity contribution < 1.29 is 5.11 Å². The third-order valence-corrected chi connectivity index (χ3v) is 3.82. The first kappa shape index (κ1) is 11.0. The molecule has 1 aromatic carbocycles. The van der Waals surface area contributed by atoms with Gasteiger partial charge >= 0.3 is 0 Å². The van der Waals surface area contributed by atoms with E-state index in [0.29, 0.717) is 6.04 Å². The fraction of sp³-hybridized carbons (Fsp3) is 0.500. The second-order valence-corrected chi connectivity index (χ2v) is 5.05. The van der Waals surface area contributed by atoms with Crippen LogP contribution in [-0.4, -0.2) is 23.5 Å². The molecule has 1 aliphatic rings. The number of thioether (sulfide) groups is 1. The van der Waals surface area contributed by atoms with Crippen molar-refractivity contribution in [1.29, 1.82) is 0 Å². The van der Waals surface area contributed by atoms with Crippen molar-refractivity contribution in [2.75, 3.05) is 12.4 Å². The number of hydrogen-bond acceptors (Lipinski definition) is 3. The van der Waals surface area contributed by atoms with Gasteiger partial charge in [0.1, 0.15) is 0 Å². The molecule has 0 aromatic heterocycles. The maximum Gasteiger partial charge on any atom is 0.0582 e. The van der Waals surface area contributed by atoms with Gasteiger partial charge in [0.25, 0.3) is 0 Å². The summed E-state index contributed by atoms with van der Waals surface area (Å²) in [4.78, 5) is 0. The van der Waals surface area contributed by atoms with Crippen molar-refractivity contribution in [2.45, 2.75) is 24.8 Å². The van der Waals surface area contributed by atoms with Crippen LogP contribution >= 0.6 is 11.8 Å². The van der Waals surface area contributed by atoms with Gasteiger partial charge in [-0.25, -0.2) is 0 Å². The van der Waals surface area contributed by atoms with Gasteiger partial charge in [0, 0.05) is 23.6 Å². The predicted octanol–water partition coefficient (Wildman–Crippen LogP) is 1.94. The molecule has 0 saturated heterocycles. The number of nitrogens with one attached hydrogen (secondary N) is 1. The Morgan fingerprint density at radius 3 is 3.13 bits per heavy atom. The Bertz CT molecular complexity index is 329. The normalized spacial score (nSPS) is 22.1. The number of fused-ring (bicyclic) bond motifs is 1. The third kappa shape index (κ3) is 2.54. The molecular weight excluding hydrogens is 206 g/mol. The lowest BCUT2D eigenvalue weighted by atomic mass is 10.0. The molecule has 0 aliphatic carbocycles. The van der Waals surface area contributed by atoms with Crippen LogP contribution in [0.2, 0.25) is 0 Å². The van der Waals surface area contributed by atoms with Crippen LogP contribution in [-0.2, 0) is 5.75 Å². The zero-order valence-corrected chi connectivity index (χ0v) is 9.76. The monoisotopic (exact) mass is 223 g/mol. The van der Waals surface area contributed by atoms with E-state index in [2.05, 4.69) is 29.6 Å². The zero-order valence-electron chi connectivity index (χ0n) is 8.94. The minimum absolute atomic E-state index is 0.168. The van der Waals surface area contributed by atoms with E-state index in [0.717, 1.165) is 11.5 Å². The summed E-state index contributed by atoms with van der Waals surface area (Å²) in [7, 11) is 0. The standard InChI is InChI=1S/C12H17NOS/c1-9(6-14)13-12-8-15-7-10-4-2-3-5-11(10)12/h2-5,9,12-14H,6-8H2,1H3/t9-,12?/m0/s1. The molecule has 0 radical (unpaired) electrons. The zero-order chi connectivity index (χ0) is 10.7. The lowest BCUT2D eigenvalue weighted by molar-refractivity contribution is 0.243. The lowest BCUT2D eigenvalue weighted by Crippen LogP contribution is -2.35. The third-order valence-electron chi connectivity index (χ3n) is 2.73. The molecular formula is C12H17NOS. The van der Waals surface area contributed by atoms with E-state index in [1.165, 1.54) is 11.1 Å². The second kappa shape index (κ2) is 5.01. The van der Waals surface area contributed by atoms with Gasteiger partial charge in [-0.3, -0.25) is 0 Å². The molecule has 2 nitrogen and oxygen atoms in total. The number of aliphatic hydroxyl groups is 1. The average molecular weight is 223 g/mol. The molecule has 2 N–H and O–H groups in total. The SMILES string of the molecule is C[C@@H](CO)NC1CSCc2ccccc21. The molecule has 82 valence electrons. The van der Waals surface area contributed by atoms with Crippen LogP contribution in [0.3, 0.4) is 0 Å². The molecule has 0 bridgehead atoms. The molecule has 0 amide bonds. The van der Waals surface area contributed by atoms with Crippen molar-refractivity contribution in [3.8, 4) is 0 Å². The summed E-state index contributed by atoms with van der Waals surface area (Å²) in [6.45, 7) is 2.21. The van der Waals surface area contributed by atoms with E-state index >= 15 is 0 Å². The molecule has 1 aromatic rings. The van der Waals surface area contributed by atoms with Crippen LogP contribution in [0.15, 0.2) is 24.3 Å². The van der Waals surface area contributed by atoms with Gasteiger partial charge in [-0.1, -0.05) is 24.3 Å². The number of rotatable bonds is 3. The second-order valence-electron chi connectivity index (χ2n) is 4.02. The Morgan fingerprint density at radius 2 is 2.33 bits per heavy atom. The Balaban J connectivity index is 2.15. The summed E-state index contributed by atoms with van der Waals surface area (Å²) in [6.07, 6.45) is 0. The predicted molar refractivity (Wildman–Crippen MR) is 65.0 cm³/mol. The first-order chi connectivity index (χ1) is 7.31. The lowest BCUT2D eigenvalue weighted by Gasteiger charge is -2.28. The van der Waals surface area contributed by atoms with Crippen LogP contribution in [0, 0.1) is 0 Å². The minimum atomic E-state index is 0.168. The highest BCUT2D eigenvalue weighted by atomic mass is 32.2. The smallest absolute Gasteiger partial charge is 0.0582 e. The van der Waals surface area contributed by atoms with Gasteiger partial charge in [0.2, 0.25) is 0 Å². The van der Waals surface area contributed by atoms with Gasteiger partial charge in [-0.2, -0.15) is 11.8 Å². The summed E-state index contributed by atoms with van der Waals surface area (Å²) in [5.41, 5.74) is 2.83. The molecule has 1 unspecified atom stereocenters. The Labute approximate surface area is 95.1 Å².